The van der Waals surface area contributed by atoms with Crippen LogP contribution in [0.25, 0.3) is 0 Å². The van der Waals surface area contributed by atoms with E-state index in [1.54, 1.807) is 0 Å². The molecule has 1 aromatic carbocycles. The minimum atomic E-state index is 0.00414. The minimum absolute atomic E-state index is 0.00414. The summed E-state index contributed by atoms with van der Waals surface area (Å²) in [4.78, 5) is 14.5. The van der Waals surface area contributed by atoms with Crippen LogP contribution in [0.1, 0.15) is 31.7 Å². The molecule has 2 unspecified atom stereocenters. The molecule has 21 heavy (non-hydrogen) atoms. The zero-order valence-corrected chi connectivity index (χ0v) is 13.9. The van der Waals surface area contributed by atoms with Crippen LogP contribution in [0.4, 0.5) is 0 Å². The van der Waals surface area contributed by atoms with Gasteiger partial charge in [-0.25, -0.2) is 0 Å². The van der Waals surface area contributed by atoms with Crippen molar-refractivity contribution in [3.63, 3.8) is 0 Å². The molecule has 1 amide bonds. The Balaban J connectivity index is 2.63. The molecule has 1 aromatic rings. The second-order valence-electron chi connectivity index (χ2n) is 5.54. The topological polar surface area (TPSA) is 20.3 Å². The number of alkyl halides is 1. The van der Waals surface area contributed by atoms with E-state index in [0.717, 1.165) is 25.7 Å². The van der Waals surface area contributed by atoms with E-state index >= 15 is 0 Å². The van der Waals surface area contributed by atoms with Gasteiger partial charge < -0.3 is 4.90 Å². The first-order chi connectivity index (χ1) is 10.1. The van der Waals surface area contributed by atoms with Gasteiger partial charge >= 0.3 is 0 Å². The Morgan fingerprint density at radius 2 is 2.05 bits per heavy atom. The molecule has 3 heteroatoms. The van der Waals surface area contributed by atoms with E-state index in [0.29, 0.717) is 5.88 Å². The lowest BCUT2D eigenvalue weighted by atomic mass is 9.97. The summed E-state index contributed by atoms with van der Waals surface area (Å²) in [5, 5.41) is 0. The van der Waals surface area contributed by atoms with Crippen LogP contribution in [0, 0.1) is 5.92 Å². The summed E-state index contributed by atoms with van der Waals surface area (Å²) in [5.74, 6) is 0.803. The van der Waals surface area contributed by atoms with Crippen LogP contribution < -0.4 is 0 Å². The fourth-order valence-corrected chi connectivity index (χ4v) is 2.62. The van der Waals surface area contributed by atoms with E-state index in [2.05, 4.69) is 25.6 Å². The first-order valence-electron chi connectivity index (χ1n) is 7.57. The summed E-state index contributed by atoms with van der Waals surface area (Å²) in [5.41, 5.74) is 1.26. The van der Waals surface area contributed by atoms with Gasteiger partial charge in [-0.2, -0.15) is 0 Å². The van der Waals surface area contributed by atoms with Gasteiger partial charge in [-0.05, 0) is 38.2 Å². The first kappa shape index (κ1) is 17.8. The second-order valence-corrected chi connectivity index (χ2v) is 5.92. The fraction of sp³-hybridized carbons (Fsp3) is 0.500. The Bertz CT molecular complexity index is 432. The van der Waals surface area contributed by atoms with Crippen LogP contribution in [0.5, 0.6) is 0 Å². The zero-order chi connectivity index (χ0) is 15.7. The molecule has 2 nitrogen and oxygen atoms in total. The number of amides is 1. The lowest BCUT2D eigenvalue weighted by Gasteiger charge is -2.29. The molecule has 0 saturated heterocycles. The van der Waals surface area contributed by atoms with E-state index in [1.807, 2.05) is 36.2 Å². The molecular weight excluding hydrogens is 282 g/mol. The predicted octanol–water partition coefficient (Wildman–Crippen LogP) is 4.29. The number of benzene rings is 1. The number of hydrogen-bond acceptors (Lipinski definition) is 1. The van der Waals surface area contributed by atoms with Gasteiger partial charge in [0.15, 0.2) is 0 Å². The summed E-state index contributed by atoms with van der Waals surface area (Å²) in [6.07, 6.45) is 5.12. The molecule has 0 radical (unpaired) electrons. The Morgan fingerprint density at radius 3 is 2.62 bits per heavy atom. The lowest BCUT2D eigenvalue weighted by Crippen LogP contribution is -2.40. The van der Waals surface area contributed by atoms with Crippen LogP contribution in [0.15, 0.2) is 43.0 Å². The number of carbonyl (C=O) groups excluding carboxylic acids is 1. The van der Waals surface area contributed by atoms with Crippen molar-refractivity contribution in [3.8, 4) is 0 Å². The van der Waals surface area contributed by atoms with Gasteiger partial charge in [0.25, 0.3) is 0 Å². The van der Waals surface area contributed by atoms with Crippen molar-refractivity contribution >= 4 is 17.5 Å². The summed E-state index contributed by atoms with van der Waals surface area (Å²) in [7, 11) is 1.90. The van der Waals surface area contributed by atoms with Gasteiger partial charge in [0.05, 0.1) is 0 Å². The monoisotopic (exact) mass is 307 g/mol. The second kappa shape index (κ2) is 9.62. The van der Waals surface area contributed by atoms with Gasteiger partial charge in [-0.15, -0.1) is 18.2 Å². The molecule has 0 fully saturated rings. The summed E-state index contributed by atoms with van der Waals surface area (Å²) in [6.45, 7) is 5.85. The van der Waals surface area contributed by atoms with Crippen molar-refractivity contribution < 1.29 is 4.79 Å². The summed E-state index contributed by atoms with van der Waals surface area (Å²) in [6, 6.07) is 10.5. The Labute approximate surface area is 133 Å². The lowest BCUT2D eigenvalue weighted by molar-refractivity contribution is -0.136. The van der Waals surface area contributed by atoms with E-state index in [9.17, 15) is 4.79 Å². The van der Waals surface area contributed by atoms with Crippen molar-refractivity contribution in [1.82, 2.24) is 4.90 Å². The molecule has 0 heterocycles. The number of carbonyl (C=O) groups is 1. The van der Waals surface area contributed by atoms with Crippen LogP contribution in [0.3, 0.4) is 0 Å². The van der Waals surface area contributed by atoms with E-state index in [-0.39, 0.29) is 17.9 Å². The number of nitrogens with zero attached hydrogens (tertiary/aromatic N) is 1. The van der Waals surface area contributed by atoms with Gasteiger partial charge in [0, 0.05) is 24.9 Å². The zero-order valence-electron chi connectivity index (χ0n) is 13.1. The maximum absolute atomic E-state index is 12.6. The molecule has 2 atom stereocenters. The fourth-order valence-electron chi connectivity index (χ4n) is 2.46. The highest BCUT2D eigenvalue weighted by molar-refractivity contribution is 6.17. The largest absolute Gasteiger partial charge is 0.342 e. The van der Waals surface area contributed by atoms with E-state index in [1.165, 1.54) is 5.56 Å². The normalized spacial score (nSPS) is 13.5. The van der Waals surface area contributed by atoms with Crippen LogP contribution in [-0.2, 0) is 11.2 Å². The molecule has 0 N–H and O–H groups in total. The molecule has 1 rings (SSSR count). The Kier molecular flexibility index (Phi) is 8.14. The smallest absolute Gasteiger partial charge is 0.225 e. The molecule has 0 aliphatic heterocycles. The highest BCUT2D eigenvalue weighted by Crippen LogP contribution is 2.18. The third-order valence-electron chi connectivity index (χ3n) is 3.87. The first-order valence-corrected chi connectivity index (χ1v) is 8.11. The van der Waals surface area contributed by atoms with Crippen LogP contribution in [0.2, 0.25) is 0 Å². The molecule has 116 valence electrons. The molecule has 0 aliphatic carbocycles. The third-order valence-corrected chi connectivity index (χ3v) is 4.14. The van der Waals surface area contributed by atoms with Crippen molar-refractivity contribution in [2.75, 3.05) is 12.9 Å². The highest BCUT2D eigenvalue weighted by atomic mass is 35.5. The Morgan fingerprint density at radius 1 is 1.38 bits per heavy atom. The van der Waals surface area contributed by atoms with Gasteiger partial charge in [-0.1, -0.05) is 36.4 Å². The number of allylic oxidation sites excluding steroid dienone is 1. The van der Waals surface area contributed by atoms with Crippen molar-refractivity contribution in [2.45, 2.75) is 38.6 Å². The number of halogens is 1. The Hall–Kier alpha value is -1.28. The van der Waals surface area contributed by atoms with Crippen LogP contribution in [-0.4, -0.2) is 29.8 Å². The molecule has 0 saturated carbocycles. The standard InChI is InChI=1S/C18H26ClNO/c1-4-9-17(12-8-13-19)18(21)20(3)15(2)14-16-10-6-5-7-11-16/h4-7,10-11,15,17H,1,8-9,12-14H2,2-3H3. The van der Waals surface area contributed by atoms with Crippen molar-refractivity contribution in [2.24, 2.45) is 5.92 Å². The maximum atomic E-state index is 12.6. The molecule has 0 aromatic heterocycles. The van der Waals surface area contributed by atoms with Crippen molar-refractivity contribution in [1.29, 1.82) is 0 Å². The van der Waals surface area contributed by atoms with Crippen LogP contribution >= 0.6 is 11.6 Å². The minimum Gasteiger partial charge on any atom is -0.342 e. The SMILES string of the molecule is C=CCC(CCCCl)C(=O)N(C)C(C)Cc1ccccc1. The highest BCUT2D eigenvalue weighted by Gasteiger charge is 2.23. The predicted molar refractivity (Wildman–Crippen MR) is 90.6 cm³/mol. The van der Waals surface area contributed by atoms with E-state index < -0.39 is 0 Å². The maximum Gasteiger partial charge on any atom is 0.225 e. The molecule has 0 spiro atoms. The number of hydrogen-bond donors (Lipinski definition) is 0. The van der Waals surface area contributed by atoms with Gasteiger partial charge in [0.1, 0.15) is 0 Å². The molecule has 0 aliphatic rings. The average molecular weight is 308 g/mol. The average Bonchev–Trinajstić information content (AvgIpc) is 2.51. The number of rotatable bonds is 9. The molecule has 0 bridgehead atoms. The van der Waals surface area contributed by atoms with Crippen molar-refractivity contribution in [3.05, 3.63) is 48.6 Å². The van der Waals surface area contributed by atoms with E-state index in [4.69, 9.17) is 11.6 Å². The van der Waals surface area contributed by atoms with Gasteiger partial charge in [-0.3, -0.25) is 4.79 Å². The van der Waals surface area contributed by atoms with Gasteiger partial charge in [0.2, 0.25) is 5.91 Å². The summed E-state index contributed by atoms with van der Waals surface area (Å²) < 4.78 is 0. The molecular formula is C18H26ClNO. The quantitative estimate of drug-likeness (QED) is 0.492. The number of likely N-dealkylation sites (N-methyl/N-ethyl adjacent to an activating group) is 1. The third kappa shape index (κ3) is 5.92. The summed E-state index contributed by atoms with van der Waals surface area (Å²) >= 11 is 5.75.